The highest BCUT2D eigenvalue weighted by molar-refractivity contribution is 5.43. The highest BCUT2D eigenvalue weighted by atomic mass is 19.4. The molecule has 7 heteroatoms. The molecule has 1 aromatic carbocycles. The van der Waals surface area contributed by atoms with E-state index in [-0.39, 0.29) is 5.75 Å². The summed E-state index contributed by atoms with van der Waals surface area (Å²) in [6.07, 6.45) is -1.93. The van der Waals surface area contributed by atoms with Crippen LogP contribution in [0.1, 0.15) is 25.3 Å². The standard InChI is InChI=1S/C17H25F3N2O2/c1-3-22-8-4-5-14(22)11-21-10-13-6-7-15(16(9-13)23-2)24-12-17(18,19)20/h6-7,9,14,21H,3-5,8,10-12H2,1-2H3. The number of hydrogen-bond acceptors (Lipinski definition) is 4. The van der Waals surface area contributed by atoms with E-state index in [1.807, 2.05) is 0 Å². The molecular weight excluding hydrogens is 321 g/mol. The summed E-state index contributed by atoms with van der Waals surface area (Å²) >= 11 is 0. The molecule has 1 aromatic rings. The molecule has 1 fully saturated rings. The van der Waals surface area contributed by atoms with Gasteiger partial charge in [0.2, 0.25) is 0 Å². The van der Waals surface area contributed by atoms with Crippen LogP contribution in [0.4, 0.5) is 13.2 Å². The number of benzene rings is 1. The van der Waals surface area contributed by atoms with Crippen molar-refractivity contribution in [1.29, 1.82) is 0 Å². The highest BCUT2D eigenvalue weighted by Gasteiger charge is 2.29. The molecule has 2 rings (SSSR count). The van der Waals surface area contributed by atoms with Crippen molar-refractivity contribution in [3.05, 3.63) is 23.8 Å². The SMILES string of the molecule is CCN1CCCC1CNCc1ccc(OCC(F)(F)F)c(OC)c1. The van der Waals surface area contributed by atoms with Gasteiger partial charge in [0, 0.05) is 19.1 Å². The van der Waals surface area contributed by atoms with Gasteiger partial charge in [0.15, 0.2) is 18.1 Å². The number of alkyl halides is 3. The Bertz CT molecular complexity index is 523. The minimum atomic E-state index is -4.36. The lowest BCUT2D eigenvalue weighted by atomic mass is 10.2. The van der Waals surface area contributed by atoms with Gasteiger partial charge in [0.05, 0.1) is 7.11 Å². The zero-order valence-corrected chi connectivity index (χ0v) is 14.2. The minimum Gasteiger partial charge on any atom is -0.493 e. The van der Waals surface area contributed by atoms with Crippen LogP contribution in [0.2, 0.25) is 0 Å². The van der Waals surface area contributed by atoms with Crippen molar-refractivity contribution in [3.8, 4) is 11.5 Å². The van der Waals surface area contributed by atoms with Crippen molar-refractivity contribution in [2.45, 2.75) is 38.5 Å². The maximum atomic E-state index is 12.3. The number of rotatable bonds is 8. The summed E-state index contributed by atoms with van der Waals surface area (Å²) in [5.74, 6) is 0.418. The summed E-state index contributed by atoms with van der Waals surface area (Å²) in [6, 6.07) is 5.56. The molecule has 0 spiro atoms. The number of nitrogens with one attached hydrogen (secondary N) is 1. The summed E-state index contributed by atoms with van der Waals surface area (Å²) in [5, 5.41) is 3.42. The molecule has 0 radical (unpaired) electrons. The second-order valence-electron chi connectivity index (χ2n) is 5.94. The van der Waals surface area contributed by atoms with Crippen LogP contribution in [0.25, 0.3) is 0 Å². The Hall–Kier alpha value is -1.47. The van der Waals surface area contributed by atoms with Crippen LogP contribution in [-0.2, 0) is 6.54 Å². The molecule has 1 N–H and O–H groups in total. The van der Waals surface area contributed by atoms with Gasteiger partial charge < -0.3 is 14.8 Å². The fraction of sp³-hybridized carbons (Fsp3) is 0.647. The Morgan fingerprint density at radius 3 is 2.75 bits per heavy atom. The molecule has 0 saturated carbocycles. The van der Waals surface area contributed by atoms with Crippen molar-refractivity contribution in [2.75, 3.05) is 33.4 Å². The third kappa shape index (κ3) is 5.56. The predicted molar refractivity (Wildman–Crippen MR) is 86.5 cm³/mol. The highest BCUT2D eigenvalue weighted by Crippen LogP contribution is 2.29. The van der Waals surface area contributed by atoms with Gasteiger partial charge in [-0.2, -0.15) is 13.2 Å². The molecule has 1 unspecified atom stereocenters. The molecule has 136 valence electrons. The predicted octanol–water partition coefficient (Wildman–Crippen LogP) is 3.21. The second kappa shape index (κ2) is 8.58. The van der Waals surface area contributed by atoms with E-state index in [2.05, 4.69) is 17.1 Å². The lowest BCUT2D eigenvalue weighted by Gasteiger charge is -2.23. The van der Waals surface area contributed by atoms with Crippen LogP contribution in [-0.4, -0.2) is 50.5 Å². The third-order valence-electron chi connectivity index (χ3n) is 4.23. The third-order valence-corrected chi connectivity index (χ3v) is 4.23. The van der Waals surface area contributed by atoms with Gasteiger partial charge in [-0.15, -0.1) is 0 Å². The molecule has 0 bridgehead atoms. The van der Waals surface area contributed by atoms with Crippen molar-refractivity contribution < 1.29 is 22.6 Å². The zero-order chi connectivity index (χ0) is 17.6. The number of hydrogen-bond donors (Lipinski definition) is 1. The van der Waals surface area contributed by atoms with E-state index in [1.165, 1.54) is 26.0 Å². The summed E-state index contributed by atoms with van der Waals surface area (Å²) in [7, 11) is 1.42. The number of methoxy groups -OCH3 is 1. The van der Waals surface area contributed by atoms with Gasteiger partial charge in [0.1, 0.15) is 0 Å². The number of likely N-dealkylation sites (N-methyl/N-ethyl adjacent to an activating group) is 1. The van der Waals surface area contributed by atoms with Crippen LogP contribution in [0.3, 0.4) is 0 Å². The van der Waals surface area contributed by atoms with Crippen LogP contribution in [0, 0.1) is 0 Å². The molecule has 0 aliphatic carbocycles. The monoisotopic (exact) mass is 346 g/mol. The van der Waals surface area contributed by atoms with E-state index in [4.69, 9.17) is 9.47 Å². The molecule has 24 heavy (non-hydrogen) atoms. The summed E-state index contributed by atoms with van der Waals surface area (Å²) in [6.45, 7) is 4.61. The summed E-state index contributed by atoms with van der Waals surface area (Å²) < 4.78 is 46.7. The average Bonchev–Trinajstić information content (AvgIpc) is 3.00. The Balaban J connectivity index is 1.87. The summed E-state index contributed by atoms with van der Waals surface area (Å²) in [4.78, 5) is 2.46. The van der Waals surface area contributed by atoms with E-state index in [9.17, 15) is 13.2 Å². The Morgan fingerprint density at radius 2 is 2.08 bits per heavy atom. The Kier molecular flexibility index (Phi) is 6.74. The number of ether oxygens (including phenoxy) is 2. The molecule has 1 aliphatic heterocycles. The average molecular weight is 346 g/mol. The van der Waals surface area contributed by atoms with Gasteiger partial charge in [-0.1, -0.05) is 13.0 Å². The first-order valence-electron chi connectivity index (χ1n) is 8.24. The quantitative estimate of drug-likeness (QED) is 0.784. The van der Waals surface area contributed by atoms with Crippen LogP contribution >= 0.6 is 0 Å². The lowest BCUT2D eigenvalue weighted by Crippen LogP contribution is -2.37. The Labute approximate surface area is 140 Å². The van der Waals surface area contributed by atoms with Gasteiger partial charge in [-0.25, -0.2) is 0 Å². The van der Waals surface area contributed by atoms with E-state index < -0.39 is 12.8 Å². The minimum absolute atomic E-state index is 0.103. The van der Waals surface area contributed by atoms with E-state index >= 15 is 0 Å². The van der Waals surface area contributed by atoms with Crippen LogP contribution in [0.5, 0.6) is 11.5 Å². The van der Waals surface area contributed by atoms with Crippen LogP contribution in [0.15, 0.2) is 18.2 Å². The lowest BCUT2D eigenvalue weighted by molar-refractivity contribution is -0.153. The maximum Gasteiger partial charge on any atom is 0.422 e. The van der Waals surface area contributed by atoms with Gasteiger partial charge in [-0.3, -0.25) is 4.90 Å². The van der Waals surface area contributed by atoms with E-state index in [0.717, 1.165) is 25.2 Å². The van der Waals surface area contributed by atoms with Crippen molar-refractivity contribution in [2.24, 2.45) is 0 Å². The van der Waals surface area contributed by atoms with E-state index in [1.54, 1.807) is 12.1 Å². The number of halogens is 3. The molecule has 0 aromatic heterocycles. The van der Waals surface area contributed by atoms with Crippen molar-refractivity contribution >= 4 is 0 Å². The number of nitrogens with zero attached hydrogens (tertiary/aromatic N) is 1. The first-order chi connectivity index (χ1) is 11.4. The van der Waals surface area contributed by atoms with Gasteiger partial charge in [-0.05, 0) is 43.6 Å². The van der Waals surface area contributed by atoms with Crippen molar-refractivity contribution in [3.63, 3.8) is 0 Å². The normalized spacial score (nSPS) is 18.8. The molecule has 4 nitrogen and oxygen atoms in total. The molecule has 1 heterocycles. The van der Waals surface area contributed by atoms with Gasteiger partial charge >= 0.3 is 6.18 Å². The van der Waals surface area contributed by atoms with E-state index in [0.29, 0.717) is 18.3 Å². The first-order valence-corrected chi connectivity index (χ1v) is 8.24. The summed E-state index contributed by atoms with van der Waals surface area (Å²) in [5.41, 5.74) is 0.951. The fourth-order valence-corrected chi connectivity index (χ4v) is 3.03. The van der Waals surface area contributed by atoms with Crippen molar-refractivity contribution in [1.82, 2.24) is 10.2 Å². The first kappa shape index (κ1) is 18.9. The van der Waals surface area contributed by atoms with Gasteiger partial charge in [0.25, 0.3) is 0 Å². The molecule has 1 saturated heterocycles. The van der Waals surface area contributed by atoms with Crippen LogP contribution < -0.4 is 14.8 Å². The second-order valence-corrected chi connectivity index (χ2v) is 5.94. The smallest absolute Gasteiger partial charge is 0.422 e. The zero-order valence-electron chi connectivity index (χ0n) is 14.2. The molecular formula is C17H25F3N2O2. The largest absolute Gasteiger partial charge is 0.493 e. The molecule has 0 amide bonds. The maximum absolute atomic E-state index is 12.3. The fourth-order valence-electron chi connectivity index (χ4n) is 3.03. The topological polar surface area (TPSA) is 33.7 Å². The molecule has 1 atom stereocenters. The Morgan fingerprint density at radius 1 is 1.29 bits per heavy atom. The number of likely N-dealkylation sites (tertiary alicyclic amines) is 1. The molecule has 1 aliphatic rings.